The van der Waals surface area contributed by atoms with E-state index in [0.29, 0.717) is 6.08 Å². The second-order valence-corrected chi connectivity index (χ2v) is 9.16. The third-order valence-electron chi connectivity index (χ3n) is 4.55. The van der Waals surface area contributed by atoms with E-state index in [0.717, 1.165) is 0 Å². The summed E-state index contributed by atoms with van der Waals surface area (Å²) in [6.07, 6.45) is -2.83. The molecule has 0 aliphatic rings. The number of nitrogens with zero attached hydrogens (tertiary/aromatic N) is 9. The van der Waals surface area contributed by atoms with E-state index in [1.54, 1.807) is 0 Å². The van der Waals surface area contributed by atoms with Crippen molar-refractivity contribution in [1.29, 1.82) is 0 Å². The molecule has 0 N–H and O–H groups in total. The zero-order valence-corrected chi connectivity index (χ0v) is 19.6. The van der Waals surface area contributed by atoms with Gasteiger partial charge in [-0.2, -0.15) is 13.2 Å². The lowest BCUT2D eigenvalue weighted by Crippen LogP contribution is -2.15. The van der Waals surface area contributed by atoms with Crippen LogP contribution in [0.5, 0.6) is 0 Å². The van der Waals surface area contributed by atoms with Gasteiger partial charge in [-0.25, -0.2) is 23.1 Å². The molecule has 0 saturated carbocycles. The van der Waals surface area contributed by atoms with Gasteiger partial charge < -0.3 is 4.57 Å². The van der Waals surface area contributed by atoms with Gasteiger partial charge in [-0.1, -0.05) is 6.92 Å². The van der Waals surface area contributed by atoms with E-state index >= 15 is 0 Å². The molecule has 180 valence electrons. The van der Waals surface area contributed by atoms with Crippen LogP contribution < -0.4 is 0 Å². The van der Waals surface area contributed by atoms with Crippen LogP contribution in [0.15, 0.2) is 45.1 Å². The van der Waals surface area contributed by atoms with Crippen LogP contribution in [-0.4, -0.2) is 74.3 Å². The molecule has 0 bridgehead atoms. The van der Waals surface area contributed by atoms with Crippen LogP contribution in [0.3, 0.4) is 0 Å². The van der Waals surface area contributed by atoms with Crippen molar-refractivity contribution in [3.63, 3.8) is 0 Å². The Bertz CT molecular complexity index is 1410. The van der Waals surface area contributed by atoms with Crippen LogP contribution >= 0.6 is 11.6 Å². The summed E-state index contributed by atoms with van der Waals surface area (Å²) in [4.78, 5) is 14.8. The fourth-order valence-corrected chi connectivity index (χ4v) is 3.96. The highest BCUT2D eigenvalue weighted by atomic mass is 35.5. The summed E-state index contributed by atoms with van der Waals surface area (Å²) in [6.45, 7) is 4.39. The van der Waals surface area contributed by atoms with Crippen molar-refractivity contribution < 1.29 is 21.6 Å². The van der Waals surface area contributed by atoms with Gasteiger partial charge in [0.25, 0.3) is 0 Å². The van der Waals surface area contributed by atoms with Crippen LogP contribution in [0.4, 0.5) is 13.2 Å². The predicted molar refractivity (Wildman–Crippen MR) is 118 cm³/mol. The van der Waals surface area contributed by atoms with E-state index in [9.17, 15) is 21.6 Å². The molecule has 0 aliphatic heterocycles. The van der Waals surface area contributed by atoms with E-state index in [1.165, 1.54) is 48.7 Å². The maximum atomic E-state index is 13.1. The molecule has 3 aromatic rings. The highest BCUT2D eigenvalue weighted by Gasteiger charge is 2.34. The van der Waals surface area contributed by atoms with Gasteiger partial charge in [-0.15, -0.1) is 15.3 Å². The molecular formula is C18H17ClF3N9O2S. The highest BCUT2D eigenvalue weighted by molar-refractivity contribution is 7.91. The van der Waals surface area contributed by atoms with Crippen LogP contribution in [0.25, 0.3) is 17.3 Å². The smallest absolute Gasteiger partial charge is 0.307 e. The Balaban J connectivity index is 2.22. The molecule has 0 atom stereocenters. The number of sulfone groups is 1. The van der Waals surface area contributed by atoms with E-state index in [-0.39, 0.29) is 44.8 Å². The first-order valence-electron chi connectivity index (χ1n) is 9.36. The van der Waals surface area contributed by atoms with Gasteiger partial charge in [-0.3, -0.25) is 9.98 Å². The number of aliphatic imine (C=N–C) groups is 2. The third-order valence-corrected chi connectivity index (χ3v) is 6.48. The first-order chi connectivity index (χ1) is 15.9. The topological polar surface area (TPSA) is 133 Å². The summed E-state index contributed by atoms with van der Waals surface area (Å²) in [6, 6.07) is 2.72. The summed E-state index contributed by atoms with van der Waals surface area (Å²) >= 11 is 5.75. The molecule has 16 heteroatoms. The standard InChI is InChI=1S/C18H17ClF3N9O2S/c1-5-34(32,33)11-6-7-13(31-9-25-17(19)29-31)26-14(11)16-28-27-15(30(16)4)10(23-2)8-12(24-3)18(20,21)22/h6-9H,3,5H2,1-2,4H3/b12-8-,23-10+. The zero-order valence-electron chi connectivity index (χ0n) is 18.0. The number of allylic oxidation sites excluding steroid dienone is 2. The Kier molecular flexibility index (Phi) is 6.97. The molecule has 0 aromatic carbocycles. The number of alkyl halides is 3. The number of rotatable bonds is 7. The highest BCUT2D eigenvalue weighted by Crippen LogP contribution is 2.29. The summed E-state index contributed by atoms with van der Waals surface area (Å²) in [7, 11) is -1.08. The van der Waals surface area contributed by atoms with Crippen molar-refractivity contribution in [3.8, 4) is 17.3 Å². The van der Waals surface area contributed by atoms with Gasteiger partial charge in [0.1, 0.15) is 23.4 Å². The number of hydrogen-bond acceptors (Lipinski definition) is 9. The molecule has 0 aliphatic carbocycles. The van der Waals surface area contributed by atoms with Crippen molar-refractivity contribution in [2.24, 2.45) is 17.0 Å². The maximum absolute atomic E-state index is 13.1. The van der Waals surface area contributed by atoms with Crippen molar-refractivity contribution in [2.75, 3.05) is 12.8 Å². The quantitative estimate of drug-likeness (QED) is 0.441. The number of pyridine rings is 1. The molecular weight excluding hydrogens is 499 g/mol. The second-order valence-electron chi connectivity index (χ2n) is 6.58. The van der Waals surface area contributed by atoms with Crippen LogP contribution in [0.2, 0.25) is 5.28 Å². The zero-order chi connectivity index (χ0) is 25.3. The minimum absolute atomic E-state index is 0.0373. The lowest BCUT2D eigenvalue weighted by atomic mass is 10.2. The van der Waals surface area contributed by atoms with E-state index < -0.39 is 21.7 Å². The normalized spacial score (nSPS) is 13.4. The summed E-state index contributed by atoms with van der Waals surface area (Å²) in [5.74, 6) is -0.178. The molecule has 0 unspecified atom stereocenters. The largest absolute Gasteiger partial charge is 0.433 e. The molecule has 34 heavy (non-hydrogen) atoms. The van der Waals surface area contributed by atoms with Crippen molar-refractivity contribution in [3.05, 3.63) is 41.3 Å². The Morgan fingerprint density at radius 2 is 2.00 bits per heavy atom. The molecule has 0 fully saturated rings. The van der Waals surface area contributed by atoms with Gasteiger partial charge in [0.05, 0.1) is 10.6 Å². The molecule has 11 nitrogen and oxygen atoms in total. The van der Waals surface area contributed by atoms with Gasteiger partial charge in [0.2, 0.25) is 5.28 Å². The lowest BCUT2D eigenvalue weighted by molar-refractivity contribution is -0.0921. The molecule has 3 rings (SSSR count). The Morgan fingerprint density at radius 3 is 2.53 bits per heavy atom. The van der Waals surface area contributed by atoms with Gasteiger partial charge in [0.15, 0.2) is 27.3 Å². The fraction of sp³-hybridized carbons (Fsp3) is 0.278. The van der Waals surface area contributed by atoms with E-state index in [4.69, 9.17) is 11.6 Å². The molecule has 0 saturated heterocycles. The third kappa shape index (κ3) is 4.89. The Labute approximate surface area is 196 Å². The van der Waals surface area contributed by atoms with Crippen LogP contribution in [-0.2, 0) is 16.9 Å². The Hall–Kier alpha value is -3.46. The first-order valence-corrected chi connectivity index (χ1v) is 11.4. The number of halogens is 4. The predicted octanol–water partition coefficient (Wildman–Crippen LogP) is 2.47. The first kappa shape index (κ1) is 25.2. The Morgan fingerprint density at radius 1 is 1.29 bits per heavy atom. The van der Waals surface area contributed by atoms with E-state index in [1.807, 2.05) is 0 Å². The van der Waals surface area contributed by atoms with Crippen molar-refractivity contribution >= 4 is 33.9 Å². The summed E-state index contributed by atoms with van der Waals surface area (Å²) in [5, 5.41) is 11.8. The monoisotopic (exact) mass is 515 g/mol. The fourth-order valence-electron chi connectivity index (χ4n) is 2.82. The average molecular weight is 516 g/mol. The summed E-state index contributed by atoms with van der Waals surface area (Å²) < 4.78 is 67.3. The van der Waals surface area contributed by atoms with Crippen molar-refractivity contribution in [2.45, 2.75) is 18.0 Å². The van der Waals surface area contributed by atoms with Crippen LogP contribution in [0, 0.1) is 0 Å². The summed E-state index contributed by atoms with van der Waals surface area (Å²) in [5.41, 5.74) is -1.58. The van der Waals surface area contributed by atoms with Crippen molar-refractivity contribution in [1.82, 2.24) is 34.5 Å². The number of aromatic nitrogens is 7. The second kappa shape index (κ2) is 9.42. The average Bonchev–Trinajstić information content (AvgIpc) is 3.39. The van der Waals surface area contributed by atoms with Gasteiger partial charge >= 0.3 is 6.18 Å². The number of hydrogen-bond donors (Lipinski definition) is 0. The molecule has 3 heterocycles. The molecule has 0 spiro atoms. The SMILES string of the molecule is C=N/C(=C\C(=N/C)c1nnc(-c2nc(-n3cnc(Cl)n3)ccc2S(=O)(=O)CC)n1C)C(F)(F)F. The minimum Gasteiger partial charge on any atom is -0.307 e. The minimum atomic E-state index is -4.77. The molecule has 0 amide bonds. The lowest BCUT2D eigenvalue weighted by Gasteiger charge is -2.11. The molecule has 3 aromatic heterocycles. The van der Waals surface area contributed by atoms with E-state index in [2.05, 4.69) is 42.0 Å². The maximum Gasteiger partial charge on any atom is 0.433 e. The molecule has 0 radical (unpaired) electrons. The van der Waals surface area contributed by atoms with Gasteiger partial charge in [-0.05, 0) is 36.5 Å². The van der Waals surface area contributed by atoms with Gasteiger partial charge in [0, 0.05) is 14.1 Å². The van der Waals surface area contributed by atoms with Crippen LogP contribution in [0.1, 0.15) is 12.7 Å².